The van der Waals surface area contributed by atoms with Gasteiger partial charge >= 0.3 is 4.87 Å². The molecule has 1 N–H and O–H groups in total. The zero-order chi connectivity index (χ0) is 15.7. The minimum atomic E-state index is -0.197. The summed E-state index contributed by atoms with van der Waals surface area (Å²) < 4.78 is 2.41. The van der Waals surface area contributed by atoms with Crippen molar-refractivity contribution >= 4 is 33.1 Å². The van der Waals surface area contributed by atoms with Crippen LogP contribution in [0.2, 0.25) is 0 Å². The van der Waals surface area contributed by atoms with Gasteiger partial charge in [-0.15, -0.1) is 0 Å². The first-order valence-electron chi connectivity index (χ1n) is 7.00. The molecule has 0 spiro atoms. The molecule has 1 aromatic heterocycles. The molecule has 22 heavy (non-hydrogen) atoms. The molecule has 4 nitrogen and oxygen atoms in total. The van der Waals surface area contributed by atoms with Gasteiger partial charge in [0.2, 0.25) is 5.91 Å². The Morgan fingerprint density at radius 3 is 2.73 bits per heavy atom. The van der Waals surface area contributed by atoms with Gasteiger partial charge in [0, 0.05) is 5.69 Å². The molecule has 0 atom stereocenters. The predicted octanol–water partition coefficient (Wildman–Crippen LogP) is 3.32. The molecule has 0 saturated carbocycles. The van der Waals surface area contributed by atoms with Crippen LogP contribution in [0.3, 0.4) is 0 Å². The Morgan fingerprint density at radius 2 is 1.95 bits per heavy atom. The SMILES string of the molecule is Cc1ccc(NC(=O)Cn2c(=O)sc3ccccc32)c(C)c1. The van der Waals surface area contributed by atoms with Gasteiger partial charge in [-0.1, -0.05) is 41.2 Å². The normalized spacial score (nSPS) is 10.8. The van der Waals surface area contributed by atoms with E-state index in [9.17, 15) is 9.59 Å². The molecule has 0 fully saturated rings. The van der Waals surface area contributed by atoms with Gasteiger partial charge in [0.05, 0.1) is 10.2 Å². The van der Waals surface area contributed by atoms with Gasteiger partial charge in [0.15, 0.2) is 0 Å². The van der Waals surface area contributed by atoms with E-state index < -0.39 is 0 Å². The van der Waals surface area contributed by atoms with Gasteiger partial charge in [-0.3, -0.25) is 14.2 Å². The summed E-state index contributed by atoms with van der Waals surface area (Å²) in [7, 11) is 0. The minimum absolute atomic E-state index is 0.0240. The van der Waals surface area contributed by atoms with Crippen molar-refractivity contribution in [3.05, 3.63) is 63.3 Å². The maximum absolute atomic E-state index is 12.2. The molecule has 2 aromatic carbocycles. The van der Waals surface area contributed by atoms with Crippen LogP contribution in [0, 0.1) is 13.8 Å². The number of carbonyl (C=O) groups excluding carboxylic acids is 1. The predicted molar refractivity (Wildman–Crippen MR) is 90.6 cm³/mol. The van der Waals surface area contributed by atoms with Crippen molar-refractivity contribution in [1.82, 2.24) is 4.57 Å². The number of aryl methyl sites for hydroxylation is 2. The zero-order valence-corrected chi connectivity index (χ0v) is 13.2. The van der Waals surface area contributed by atoms with Crippen LogP contribution in [0.15, 0.2) is 47.3 Å². The number of fused-ring (bicyclic) bond motifs is 1. The Balaban J connectivity index is 1.84. The zero-order valence-electron chi connectivity index (χ0n) is 12.4. The Labute approximate surface area is 132 Å². The molecular formula is C17H16N2O2S. The van der Waals surface area contributed by atoms with Gasteiger partial charge in [0.25, 0.3) is 0 Å². The number of aromatic nitrogens is 1. The molecule has 1 heterocycles. The second-order valence-electron chi connectivity index (χ2n) is 5.29. The first-order valence-corrected chi connectivity index (χ1v) is 7.82. The summed E-state index contributed by atoms with van der Waals surface area (Å²) in [6, 6.07) is 13.4. The number of nitrogens with one attached hydrogen (secondary N) is 1. The van der Waals surface area contributed by atoms with E-state index in [0.717, 1.165) is 38.4 Å². The van der Waals surface area contributed by atoms with Crippen molar-refractivity contribution in [3.63, 3.8) is 0 Å². The standard InChI is InChI=1S/C17H16N2O2S/c1-11-7-8-13(12(2)9-11)18-16(20)10-19-14-5-3-4-6-15(14)22-17(19)21/h3-9H,10H2,1-2H3,(H,18,20). The molecular weight excluding hydrogens is 296 g/mol. The molecule has 0 aliphatic carbocycles. The lowest BCUT2D eigenvalue weighted by atomic mass is 10.1. The molecule has 5 heteroatoms. The fourth-order valence-electron chi connectivity index (χ4n) is 2.45. The fourth-order valence-corrected chi connectivity index (χ4v) is 3.34. The van der Waals surface area contributed by atoms with E-state index in [1.54, 1.807) is 0 Å². The van der Waals surface area contributed by atoms with Gasteiger partial charge in [-0.2, -0.15) is 0 Å². The van der Waals surface area contributed by atoms with Gasteiger partial charge in [0.1, 0.15) is 6.54 Å². The highest BCUT2D eigenvalue weighted by atomic mass is 32.1. The lowest BCUT2D eigenvalue weighted by molar-refractivity contribution is -0.116. The van der Waals surface area contributed by atoms with Crippen molar-refractivity contribution in [2.24, 2.45) is 0 Å². The molecule has 0 radical (unpaired) electrons. The van der Waals surface area contributed by atoms with Gasteiger partial charge in [-0.25, -0.2) is 0 Å². The number of benzene rings is 2. The smallest absolute Gasteiger partial charge is 0.308 e. The van der Waals surface area contributed by atoms with Crippen LogP contribution in [0.4, 0.5) is 5.69 Å². The summed E-state index contributed by atoms with van der Waals surface area (Å²) >= 11 is 1.16. The first kappa shape index (κ1) is 14.5. The largest absolute Gasteiger partial charge is 0.324 e. The second-order valence-corrected chi connectivity index (χ2v) is 6.28. The number of amides is 1. The third-order valence-electron chi connectivity index (χ3n) is 3.53. The quantitative estimate of drug-likeness (QED) is 0.806. The molecule has 3 aromatic rings. The van der Waals surface area contributed by atoms with E-state index in [2.05, 4.69) is 5.32 Å². The summed E-state index contributed by atoms with van der Waals surface area (Å²) in [6.07, 6.45) is 0. The van der Waals surface area contributed by atoms with Crippen LogP contribution in [0.5, 0.6) is 0 Å². The number of para-hydroxylation sites is 1. The van der Waals surface area contributed by atoms with E-state index in [1.165, 1.54) is 4.57 Å². The fraction of sp³-hybridized carbons (Fsp3) is 0.176. The molecule has 0 aliphatic rings. The topological polar surface area (TPSA) is 51.1 Å². The highest BCUT2D eigenvalue weighted by Gasteiger charge is 2.11. The Kier molecular flexibility index (Phi) is 3.81. The lowest BCUT2D eigenvalue weighted by Crippen LogP contribution is -2.24. The average molecular weight is 312 g/mol. The highest BCUT2D eigenvalue weighted by molar-refractivity contribution is 7.16. The molecule has 0 aliphatic heterocycles. The second kappa shape index (κ2) is 5.77. The minimum Gasteiger partial charge on any atom is -0.324 e. The van der Waals surface area contributed by atoms with Crippen molar-refractivity contribution in [2.45, 2.75) is 20.4 Å². The Hall–Kier alpha value is -2.40. The average Bonchev–Trinajstić information content (AvgIpc) is 2.78. The van der Waals surface area contributed by atoms with E-state index >= 15 is 0 Å². The van der Waals surface area contributed by atoms with Crippen LogP contribution in [-0.4, -0.2) is 10.5 Å². The number of carbonyl (C=O) groups is 1. The number of nitrogens with zero attached hydrogens (tertiary/aromatic N) is 1. The molecule has 0 bridgehead atoms. The number of thiazole rings is 1. The van der Waals surface area contributed by atoms with Crippen molar-refractivity contribution in [2.75, 3.05) is 5.32 Å². The first-order chi connectivity index (χ1) is 10.5. The number of hydrogen-bond donors (Lipinski definition) is 1. The van der Waals surface area contributed by atoms with Crippen LogP contribution < -0.4 is 10.2 Å². The number of anilines is 1. The van der Waals surface area contributed by atoms with E-state index in [1.807, 2.05) is 56.3 Å². The number of hydrogen-bond acceptors (Lipinski definition) is 3. The molecule has 0 unspecified atom stereocenters. The monoisotopic (exact) mass is 312 g/mol. The molecule has 0 saturated heterocycles. The molecule has 1 amide bonds. The van der Waals surface area contributed by atoms with E-state index in [-0.39, 0.29) is 17.3 Å². The van der Waals surface area contributed by atoms with Gasteiger partial charge in [-0.05, 0) is 37.6 Å². The lowest BCUT2D eigenvalue weighted by Gasteiger charge is -2.09. The van der Waals surface area contributed by atoms with E-state index in [0.29, 0.717) is 0 Å². The van der Waals surface area contributed by atoms with Gasteiger partial charge < -0.3 is 5.32 Å². The third kappa shape index (κ3) is 2.80. The summed E-state index contributed by atoms with van der Waals surface area (Å²) in [5.74, 6) is -0.197. The van der Waals surface area contributed by atoms with Crippen molar-refractivity contribution in [1.29, 1.82) is 0 Å². The summed E-state index contributed by atoms with van der Waals surface area (Å²) in [5.41, 5.74) is 3.74. The molecule has 3 rings (SSSR count). The maximum Gasteiger partial charge on any atom is 0.308 e. The van der Waals surface area contributed by atoms with Crippen LogP contribution in [0.25, 0.3) is 10.2 Å². The van der Waals surface area contributed by atoms with Crippen molar-refractivity contribution in [3.8, 4) is 0 Å². The summed E-state index contributed by atoms with van der Waals surface area (Å²) in [6.45, 7) is 3.99. The van der Waals surface area contributed by atoms with Crippen LogP contribution in [0.1, 0.15) is 11.1 Å². The molecule has 112 valence electrons. The summed E-state index contributed by atoms with van der Waals surface area (Å²) in [4.78, 5) is 24.2. The third-order valence-corrected chi connectivity index (χ3v) is 4.49. The Bertz CT molecular complexity index is 908. The van der Waals surface area contributed by atoms with Crippen molar-refractivity contribution < 1.29 is 4.79 Å². The van der Waals surface area contributed by atoms with E-state index in [4.69, 9.17) is 0 Å². The highest BCUT2D eigenvalue weighted by Crippen LogP contribution is 2.18. The summed E-state index contributed by atoms with van der Waals surface area (Å²) in [5, 5.41) is 2.87. The van der Waals surface area contributed by atoms with Crippen LogP contribution >= 0.6 is 11.3 Å². The number of rotatable bonds is 3. The van der Waals surface area contributed by atoms with Crippen LogP contribution in [-0.2, 0) is 11.3 Å². The maximum atomic E-state index is 12.2. The Morgan fingerprint density at radius 1 is 1.18 bits per heavy atom.